The fraction of sp³-hybridized carbons (Fsp3) is 0.312. The standard InChI is InChI=1S/C16H18N2/c1-2-7-14(8-3-1)17-12-15-11-10-13-6-4-5-9-16(13)18-15/h1-2,4-6,9-11,14,17H,3,7-8,12H2. The van der Waals surface area contributed by atoms with E-state index in [2.05, 4.69) is 52.8 Å². The van der Waals surface area contributed by atoms with Gasteiger partial charge in [-0.05, 0) is 31.4 Å². The van der Waals surface area contributed by atoms with Crippen LogP contribution in [0.1, 0.15) is 25.0 Å². The van der Waals surface area contributed by atoms with E-state index in [1.807, 2.05) is 6.07 Å². The van der Waals surface area contributed by atoms with Crippen LogP contribution in [0.3, 0.4) is 0 Å². The lowest BCUT2D eigenvalue weighted by molar-refractivity contribution is 0.471. The number of hydrogen-bond acceptors (Lipinski definition) is 2. The van der Waals surface area contributed by atoms with Crippen LogP contribution in [-0.4, -0.2) is 11.0 Å². The van der Waals surface area contributed by atoms with Crippen molar-refractivity contribution in [3.8, 4) is 0 Å². The molecule has 0 aliphatic heterocycles. The first-order valence-electron chi connectivity index (χ1n) is 6.65. The van der Waals surface area contributed by atoms with Gasteiger partial charge in [0.15, 0.2) is 0 Å². The number of nitrogens with one attached hydrogen (secondary N) is 1. The van der Waals surface area contributed by atoms with Gasteiger partial charge < -0.3 is 5.32 Å². The van der Waals surface area contributed by atoms with Gasteiger partial charge in [0, 0.05) is 18.0 Å². The summed E-state index contributed by atoms with van der Waals surface area (Å²) in [4.78, 5) is 4.68. The maximum absolute atomic E-state index is 4.68. The van der Waals surface area contributed by atoms with Crippen LogP contribution >= 0.6 is 0 Å². The van der Waals surface area contributed by atoms with Crippen molar-refractivity contribution >= 4 is 10.9 Å². The van der Waals surface area contributed by atoms with Crippen molar-refractivity contribution in [2.45, 2.75) is 31.8 Å². The molecule has 0 saturated carbocycles. The lowest BCUT2D eigenvalue weighted by Crippen LogP contribution is -2.29. The molecule has 1 aromatic heterocycles. The highest BCUT2D eigenvalue weighted by atomic mass is 14.9. The van der Waals surface area contributed by atoms with Gasteiger partial charge in [-0.25, -0.2) is 0 Å². The molecule has 0 amide bonds. The van der Waals surface area contributed by atoms with Crippen molar-refractivity contribution in [2.24, 2.45) is 0 Å². The van der Waals surface area contributed by atoms with E-state index >= 15 is 0 Å². The van der Waals surface area contributed by atoms with Crippen molar-refractivity contribution in [3.63, 3.8) is 0 Å². The Balaban J connectivity index is 1.69. The molecule has 3 rings (SSSR count). The van der Waals surface area contributed by atoms with E-state index < -0.39 is 0 Å². The highest BCUT2D eigenvalue weighted by Gasteiger charge is 2.09. The van der Waals surface area contributed by atoms with Gasteiger partial charge in [0.2, 0.25) is 0 Å². The van der Waals surface area contributed by atoms with Crippen LogP contribution in [0.2, 0.25) is 0 Å². The molecular formula is C16H18N2. The maximum Gasteiger partial charge on any atom is 0.0705 e. The van der Waals surface area contributed by atoms with Crippen LogP contribution < -0.4 is 5.32 Å². The molecule has 0 bridgehead atoms. The van der Waals surface area contributed by atoms with Gasteiger partial charge in [-0.1, -0.05) is 36.4 Å². The van der Waals surface area contributed by atoms with E-state index in [1.54, 1.807) is 0 Å². The molecule has 1 unspecified atom stereocenters. The van der Waals surface area contributed by atoms with Gasteiger partial charge in [0.25, 0.3) is 0 Å². The summed E-state index contributed by atoms with van der Waals surface area (Å²) in [7, 11) is 0. The number of aromatic nitrogens is 1. The molecule has 2 heteroatoms. The maximum atomic E-state index is 4.68. The van der Waals surface area contributed by atoms with Gasteiger partial charge in [0.05, 0.1) is 11.2 Å². The zero-order valence-corrected chi connectivity index (χ0v) is 10.5. The SMILES string of the molecule is C1=CCC(NCc2ccc3ccccc3n2)CC1. The van der Waals surface area contributed by atoms with E-state index in [-0.39, 0.29) is 0 Å². The quantitative estimate of drug-likeness (QED) is 0.829. The third-order valence-electron chi connectivity index (χ3n) is 3.50. The summed E-state index contributed by atoms with van der Waals surface area (Å²) < 4.78 is 0. The van der Waals surface area contributed by atoms with Crippen molar-refractivity contribution in [3.05, 3.63) is 54.2 Å². The van der Waals surface area contributed by atoms with Crippen LogP contribution in [-0.2, 0) is 6.54 Å². The van der Waals surface area contributed by atoms with Crippen molar-refractivity contribution < 1.29 is 0 Å². The minimum atomic E-state index is 0.614. The topological polar surface area (TPSA) is 24.9 Å². The molecule has 1 N–H and O–H groups in total. The molecule has 2 aromatic rings. The Morgan fingerprint density at radius 1 is 1.11 bits per heavy atom. The summed E-state index contributed by atoms with van der Waals surface area (Å²) in [6.45, 7) is 0.864. The molecule has 1 aliphatic carbocycles. The Morgan fingerprint density at radius 2 is 2.06 bits per heavy atom. The summed E-state index contributed by atoms with van der Waals surface area (Å²) in [6.07, 6.45) is 8.13. The average molecular weight is 238 g/mol. The van der Waals surface area contributed by atoms with E-state index in [4.69, 9.17) is 0 Å². The zero-order valence-electron chi connectivity index (χ0n) is 10.5. The first-order valence-corrected chi connectivity index (χ1v) is 6.65. The van der Waals surface area contributed by atoms with Crippen LogP contribution in [0, 0.1) is 0 Å². The highest BCUT2D eigenvalue weighted by Crippen LogP contribution is 2.13. The second kappa shape index (κ2) is 5.32. The number of nitrogens with zero attached hydrogens (tertiary/aromatic N) is 1. The fourth-order valence-electron chi connectivity index (χ4n) is 2.43. The highest BCUT2D eigenvalue weighted by molar-refractivity contribution is 5.78. The third kappa shape index (κ3) is 2.59. The lowest BCUT2D eigenvalue weighted by Gasteiger charge is -2.19. The fourth-order valence-corrected chi connectivity index (χ4v) is 2.43. The Bertz CT molecular complexity index is 560. The summed E-state index contributed by atoms with van der Waals surface area (Å²) >= 11 is 0. The third-order valence-corrected chi connectivity index (χ3v) is 3.50. The minimum Gasteiger partial charge on any atom is -0.308 e. The molecule has 1 aliphatic rings. The molecule has 0 fully saturated rings. The van der Waals surface area contributed by atoms with Crippen LogP contribution in [0.15, 0.2) is 48.6 Å². The number of rotatable bonds is 3. The van der Waals surface area contributed by atoms with E-state index in [1.165, 1.54) is 18.2 Å². The molecule has 92 valence electrons. The largest absolute Gasteiger partial charge is 0.308 e. The molecule has 0 spiro atoms. The van der Waals surface area contributed by atoms with Crippen LogP contribution in [0.5, 0.6) is 0 Å². The monoisotopic (exact) mass is 238 g/mol. The minimum absolute atomic E-state index is 0.614. The molecule has 18 heavy (non-hydrogen) atoms. The molecule has 1 atom stereocenters. The zero-order chi connectivity index (χ0) is 12.2. The first-order chi connectivity index (χ1) is 8.92. The van der Waals surface area contributed by atoms with Crippen LogP contribution in [0.25, 0.3) is 10.9 Å². The van der Waals surface area contributed by atoms with Crippen molar-refractivity contribution in [1.82, 2.24) is 10.3 Å². The average Bonchev–Trinajstić information content (AvgIpc) is 2.46. The van der Waals surface area contributed by atoms with Gasteiger partial charge >= 0.3 is 0 Å². The Hall–Kier alpha value is -1.67. The molecule has 0 radical (unpaired) electrons. The number of pyridine rings is 1. The summed E-state index contributed by atoms with van der Waals surface area (Å²) in [5.41, 5.74) is 2.21. The number of allylic oxidation sites excluding steroid dienone is 1. The molecule has 1 aromatic carbocycles. The molecule has 2 nitrogen and oxygen atoms in total. The second-order valence-electron chi connectivity index (χ2n) is 4.86. The van der Waals surface area contributed by atoms with Gasteiger partial charge in [0.1, 0.15) is 0 Å². The lowest BCUT2D eigenvalue weighted by atomic mass is 10.0. The predicted molar refractivity (Wildman–Crippen MR) is 75.4 cm³/mol. The summed E-state index contributed by atoms with van der Waals surface area (Å²) in [5, 5.41) is 4.80. The van der Waals surface area contributed by atoms with E-state index in [0.29, 0.717) is 6.04 Å². The number of para-hydroxylation sites is 1. The summed E-state index contributed by atoms with van der Waals surface area (Å²) in [6, 6.07) is 13.2. The Morgan fingerprint density at radius 3 is 2.94 bits per heavy atom. The van der Waals surface area contributed by atoms with Crippen molar-refractivity contribution in [2.75, 3.05) is 0 Å². The predicted octanol–water partition coefficient (Wildman–Crippen LogP) is 3.43. The number of benzene rings is 1. The number of hydrogen-bond donors (Lipinski definition) is 1. The number of fused-ring (bicyclic) bond motifs is 1. The Kier molecular flexibility index (Phi) is 3.37. The van der Waals surface area contributed by atoms with Gasteiger partial charge in [-0.3, -0.25) is 4.98 Å². The van der Waals surface area contributed by atoms with E-state index in [0.717, 1.165) is 24.2 Å². The normalized spacial score (nSPS) is 19.2. The summed E-state index contributed by atoms with van der Waals surface area (Å²) in [5.74, 6) is 0. The van der Waals surface area contributed by atoms with Gasteiger partial charge in [-0.2, -0.15) is 0 Å². The van der Waals surface area contributed by atoms with Crippen LogP contribution in [0.4, 0.5) is 0 Å². The molecular weight excluding hydrogens is 220 g/mol. The second-order valence-corrected chi connectivity index (χ2v) is 4.86. The smallest absolute Gasteiger partial charge is 0.0705 e. The molecule has 1 heterocycles. The van der Waals surface area contributed by atoms with E-state index in [9.17, 15) is 0 Å². The van der Waals surface area contributed by atoms with Crippen molar-refractivity contribution in [1.29, 1.82) is 0 Å². The van der Waals surface area contributed by atoms with Gasteiger partial charge in [-0.15, -0.1) is 0 Å². The molecule has 0 saturated heterocycles. The first kappa shape index (κ1) is 11.4. The Labute approximate surface area is 108 Å².